The lowest BCUT2D eigenvalue weighted by atomic mass is 9.85. The highest BCUT2D eigenvalue weighted by Gasteiger charge is 2.29. The lowest BCUT2D eigenvalue weighted by Crippen LogP contribution is -2.43. The molecule has 1 aliphatic heterocycles. The number of nitrogens with zero attached hydrogens (tertiary/aromatic N) is 1. The smallest absolute Gasteiger partial charge is 0.228 e. The van der Waals surface area contributed by atoms with Gasteiger partial charge in [-0.05, 0) is 36.3 Å². The largest absolute Gasteiger partial charge is 0.327 e. The number of carbonyl (C=O) groups is 1. The summed E-state index contributed by atoms with van der Waals surface area (Å²) >= 11 is 0. The third-order valence-electron chi connectivity index (χ3n) is 4.23. The molecular formula is C17H26N2O. The number of para-hydroxylation sites is 1. The Bertz CT molecular complexity index is 502. The van der Waals surface area contributed by atoms with Crippen LogP contribution >= 0.6 is 0 Å². The second-order valence-corrected chi connectivity index (χ2v) is 6.91. The van der Waals surface area contributed by atoms with E-state index >= 15 is 0 Å². The summed E-state index contributed by atoms with van der Waals surface area (Å²) in [4.78, 5) is 14.6. The van der Waals surface area contributed by atoms with Gasteiger partial charge in [0.1, 0.15) is 0 Å². The Morgan fingerprint density at radius 2 is 2.10 bits per heavy atom. The molecule has 1 atom stereocenters. The molecule has 1 aliphatic rings. The molecule has 110 valence electrons. The van der Waals surface area contributed by atoms with Crippen LogP contribution in [0.5, 0.6) is 0 Å². The van der Waals surface area contributed by atoms with Gasteiger partial charge in [-0.2, -0.15) is 0 Å². The number of hydrogen-bond donors (Lipinski definition) is 1. The Kier molecular flexibility index (Phi) is 4.19. The van der Waals surface area contributed by atoms with Crippen molar-refractivity contribution in [3.05, 3.63) is 29.3 Å². The molecule has 2 rings (SSSR count). The predicted molar refractivity (Wildman–Crippen MR) is 83.9 cm³/mol. The Morgan fingerprint density at radius 1 is 1.40 bits per heavy atom. The minimum atomic E-state index is -0.107. The molecule has 3 nitrogen and oxygen atoms in total. The van der Waals surface area contributed by atoms with Crippen LogP contribution in [0, 0.1) is 12.3 Å². The zero-order valence-electron chi connectivity index (χ0n) is 13.1. The van der Waals surface area contributed by atoms with Crippen molar-refractivity contribution in [2.75, 3.05) is 11.4 Å². The van der Waals surface area contributed by atoms with Crippen molar-refractivity contribution in [3.63, 3.8) is 0 Å². The van der Waals surface area contributed by atoms with E-state index < -0.39 is 0 Å². The standard InChI is InChI=1S/C17H26N2O/c1-12-7-5-8-13-9-6-10-19(16(12)13)15(20)11-14(18)17(2,3)4/h5,7-8,14H,6,9-11,18H2,1-4H3. The number of benzene rings is 1. The SMILES string of the molecule is Cc1cccc2c1N(C(=O)CC(N)C(C)(C)C)CCC2. The highest BCUT2D eigenvalue weighted by atomic mass is 16.2. The fourth-order valence-corrected chi connectivity index (χ4v) is 2.70. The van der Waals surface area contributed by atoms with Gasteiger partial charge in [-0.3, -0.25) is 4.79 Å². The van der Waals surface area contributed by atoms with Gasteiger partial charge in [0.15, 0.2) is 0 Å². The number of nitrogens with two attached hydrogens (primary N) is 1. The van der Waals surface area contributed by atoms with Gasteiger partial charge in [0.25, 0.3) is 0 Å². The first-order valence-electron chi connectivity index (χ1n) is 7.45. The predicted octanol–water partition coefficient (Wildman–Crippen LogP) is 3.04. The molecule has 0 bridgehead atoms. The van der Waals surface area contributed by atoms with Crippen LogP contribution in [0.3, 0.4) is 0 Å². The number of amides is 1. The third kappa shape index (κ3) is 3.04. The highest BCUT2D eigenvalue weighted by Crippen LogP contribution is 2.31. The van der Waals surface area contributed by atoms with E-state index in [-0.39, 0.29) is 17.4 Å². The summed E-state index contributed by atoms with van der Waals surface area (Å²) in [6.45, 7) is 9.14. The van der Waals surface area contributed by atoms with Gasteiger partial charge in [-0.1, -0.05) is 39.0 Å². The van der Waals surface area contributed by atoms with E-state index in [9.17, 15) is 4.79 Å². The maximum absolute atomic E-state index is 12.6. The fourth-order valence-electron chi connectivity index (χ4n) is 2.70. The number of hydrogen-bond acceptors (Lipinski definition) is 2. The topological polar surface area (TPSA) is 46.3 Å². The van der Waals surface area contributed by atoms with Gasteiger partial charge in [0, 0.05) is 24.7 Å². The second kappa shape index (κ2) is 5.57. The maximum Gasteiger partial charge on any atom is 0.228 e. The lowest BCUT2D eigenvalue weighted by molar-refractivity contribution is -0.119. The van der Waals surface area contributed by atoms with Crippen LogP contribution in [-0.4, -0.2) is 18.5 Å². The van der Waals surface area contributed by atoms with E-state index in [2.05, 4.69) is 45.9 Å². The Labute approximate surface area is 122 Å². The van der Waals surface area contributed by atoms with Crippen LogP contribution in [0.2, 0.25) is 0 Å². The van der Waals surface area contributed by atoms with Gasteiger partial charge in [0.05, 0.1) is 0 Å². The van der Waals surface area contributed by atoms with Crippen molar-refractivity contribution in [1.29, 1.82) is 0 Å². The summed E-state index contributed by atoms with van der Waals surface area (Å²) in [6.07, 6.45) is 2.51. The first-order chi connectivity index (χ1) is 9.30. The summed E-state index contributed by atoms with van der Waals surface area (Å²) in [7, 11) is 0. The monoisotopic (exact) mass is 274 g/mol. The normalized spacial score (nSPS) is 16.8. The van der Waals surface area contributed by atoms with Crippen molar-refractivity contribution < 1.29 is 4.79 Å². The van der Waals surface area contributed by atoms with Crippen LogP contribution < -0.4 is 10.6 Å². The molecule has 0 fully saturated rings. The molecule has 0 saturated heterocycles. The lowest BCUT2D eigenvalue weighted by Gasteiger charge is -2.34. The van der Waals surface area contributed by atoms with E-state index in [4.69, 9.17) is 5.73 Å². The second-order valence-electron chi connectivity index (χ2n) is 6.91. The van der Waals surface area contributed by atoms with Crippen molar-refractivity contribution in [1.82, 2.24) is 0 Å². The quantitative estimate of drug-likeness (QED) is 0.901. The van der Waals surface area contributed by atoms with Gasteiger partial charge < -0.3 is 10.6 Å². The van der Waals surface area contributed by atoms with Gasteiger partial charge in [-0.15, -0.1) is 0 Å². The molecule has 0 saturated carbocycles. The van der Waals surface area contributed by atoms with Crippen LogP contribution in [-0.2, 0) is 11.2 Å². The molecule has 1 heterocycles. The molecule has 1 aromatic rings. The molecule has 20 heavy (non-hydrogen) atoms. The third-order valence-corrected chi connectivity index (χ3v) is 4.23. The molecular weight excluding hydrogens is 248 g/mol. The molecule has 1 unspecified atom stereocenters. The Hall–Kier alpha value is -1.35. The first kappa shape index (κ1) is 15.0. The summed E-state index contributed by atoms with van der Waals surface area (Å²) in [5, 5.41) is 0. The average Bonchev–Trinajstić information content (AvgIpc) is 2.37. The number of aryl methyl sites for hydroxylation is 2. The highest BCUT2D eigenvalue weighted by molar-refractivity contribution is 5.95. The average molecular weight is 274 g/mol. The molecule has 2 N–H and O–H groups in total. The van der Waals surface area contributed by atoms with E-state index in [0.717, 1.165) is 25.1 Å². The Balaban J connectivity index is 2.21. The zero-order chi connectivity index (χ0) is 14.9. The summed E-state index contributed by atoms with van der Waals surface area (Å²) in [5.74, 6) is 0.155. The fraction of sp³-hybridized carbons (Fsp3) is 0.588. The number of carbonyl (C=O) groups excluding carboxylic acids is 1. The van der Waals surface area contributed by atoms with Crippen molar-refractivity contribution in [2.45, 2.75) is 53.0 Å². The van der Waals surface area contributed by atoms with E-state index in [1.165, 1.54) is 11.1 Å². The van der Waals surface area contributed by atoms with E-state index in [1.54, 1.807) is 0 Å². The molecule has 0 spiro atoms. The van der Waals surface area contributed by atoms with Crippen molar-refractivity contribution >= 4 is 11.6 Å². The minimum absolute atomic E-state index is 0.0417. The molecule has 0 radical (unpaired) electrons. The molecule has 1 amide bonds. The van der Waals surface area contributed by atoms with Gasteiger partial charge in [0.2, 0.25) is 5.91 Å². The minimum Gasteiger partial charge on any atom is -0.327 e. The summed E-state index contributed by atoms with van der Waals surface area (Å²) in [6, 6.07) is 6.17. The van der Waals surface area contributed by atoms with Crippen LogP contribution in [0.4, 0.5) is 5.69 Å². The molecule has 0 aromatic heterocycles. The Morgan fingerprint density at radius 3 is 2.75 bits per heavy atom. The molecule has 3 heteroatoms. The number of fused-ring (bicyclic) bond motifs is 1. The van der Waals surface area contributed by atoms with E-state index in [0.29, 0.717) is 6.42 Å². The summed E-state index contributed by atoms with van der Waals surface area (Å²) < 4.78 is 0. The van der Waals surface area contributed by atoms with Crippen LogP contribution in [0.25, 0.3) is 0 Å². The molecule has 1 aromatic carbocycles. The van der Waals surface area contributed by atoms with Crippen LogP contribution in [0.1, 0.15) is 44.7 Å². The summed E-state index contributed by atoms with van der Waals surface area (Å²) in [5.41, 5.74) is 9.71. The van der Waals surface area contributed by atoms with Gasteiger partial charge in [-0.25, -0.2) is 0 Å². The van der Waals surface area contributed by atoms with Crippen molar-refractivity contribution in [2.24, 2.45) is 11.1 Å². The molecule has 0 aliphatic carbocycles. The van der Waals surface area contributed by atoms with Gasteiger partial charge >= 0.3 is 0 Å². The number of rotatable bonds is 2. The maximum atomic E-state index is 12.6. The first-order valence-corrected chi connectivity index (χ1v) is 7.45. The van der Waals surface area contributed by atoms with Crippen LogP contribution in [0.15, 0.2) is 18.2 Å². The van der Waals surface area contributed by atoms with E-state index in [1.807, 2.05) is 4.90 Å². The zero-order valence-corrected chi connectivity index (χ0v) is 13.1. The van der Waals surface area contributed by atoms with Crippen molar-refractivity contribution in [3.8, 4) is 0 Å². The number of anilines is 1.